The van der Waals surface area contributed by atoms with Crippen molar-refractivity contribution in [1.82, 2.24) is 15.0 Å². The van der Waals surface area contributed by atoms with Crippen LogP contribution in [0.3, 0.4) is 0 Å². The Hall–Kier alpha value is -1.64. The number of rotatable bonds is 2. The van der Waals surface area contributed by atoms with E-state index in [4.69, 9.17) is 0 Å². The van der Waals surface area contributed by atoms with Crippen molar-refractivity contribution in [3.8, 4) is 5.69 Å². The quantitative estimate of drug-likeness (QED) is 0.722. The number of benzene rings is 1. The maximum Gasteiger partial charge on any atom is 0.0859 e. The smallest absolute Gasteiger partial charge is 0.0859 e. The van der Waals surface area contributed by atoms with E-state index in [9.17, 15) is 0 Å². The molecule has 0 unspecified atom stereocenters. The van der Waals surface area contributed by atoms with Crippen molar-refractivity contribution < 1.29 is 0 Å². The number of aromatic nitrogens is 3. The van der Waals surface area contributed by atoms with Gasteiger partial charge in [0.15, 0.2) is 0 Å². The van der Waals surface area contributed by atoms with Crippen molar-refractivity contribution in [2.45, 2.75) is 19.8 Å². The fourth-order valence-corrected chi connectivity index (χ4v) is 1.36. The van der Waals surface area contributed by atoms with Gasteiger partial charge < -0.3 is 0 Å². The molecule has 2 aromatic rings. The van der Waals surface area contributed by atoms with Crippen LogP contribution in [0.25, 0.3) is 5.69 Å². The molecule has 0 bridgehead atoms. The summed E-state index contributed by atoms with van der Waals surface area (Å²) in [7, 11) is 0. The number of hydrogen-bond acceptors (Lipinski definition) is 2. The van der Waals surface area contributed by atoms with E-state index in [0.717, 1.165) is 5.69 Å². The summed E-state index contributed by atoms with van der Waals surface area (Å²) < 4.78 is 0. The van der Waals surface area contributed by atoms with Crippen molar-refractivity contribution in [3.05, 3.63) is 42.2 Å². The molecule has 0 saturated carbocycles. The fraction of sp³-hybridized carbons (Fsp3) is 0.273. The molecule has 1 aromatic carbocycles. The minimum absolute atomic E-state index is 0.533. The highest BCUT2D eigenvalue weighted by Crippen LogP contribution is 2.16. The molecule has 1 aromatic heterocycles. The molecule has 14 heavy (non-hydrogen) atoms. The molecular formula is C11H13N3. The third-order valence-corrected chi connectivity index (χ3v) is 2.19. The average molecular weight is 187 g/mol. The lowest BCUT2D eigenvalue weighted by molar-refractivity contribution is 0.747. The average Bonchev–Trinajstić information content (AvgIpc) is 2.71. The normalized spacial score (nSPS) is 10.8. The molecule has 1 heterocycles. The topological polar surface area (TPSA) is 30.7 Å². The molecular weight excluding hydrogens is 174 g/mol. The van der Waals surface area contributed by atoms with Crippen LogP contribution in [0.4, 0.5) is 0 Å². The van der Waals surface area contributed by atoms with E-state index in [2.05, 4.69) is 36.2 Å². The summed E-state index contributed by atoms with van der Waals surface area (Å²) in [5.41, 5.74) is 2.32. The summed E-state index contributed by atoms with van der Waals surface area (Å²) in [4.78, 5) is 1.63. The van der Waals surface area contributed by atoms with E-state index >= 15 is 0 Å². The molecule has 0 aliphatic carbocycles. The van der Waals surface area contributed by atoms with Gasteiger partial charge in [0, 0.05) is 0 Å². The Morgan fingerprint density at radius 2 is 1.86 bits per heavy atom. The zero-order valence-electron chi connectivity index (χ0n) is 8.38. The minimum Gasteiger partial charge on any atom is -0.157 e. The van der Waals surface area contributed by atoms with Crippen LogP contribution in [0, 0.1) is 0 Å². The minimum atomic E-state index is 0.533. The van der Waals surface area contributed by atoms with Crippen molar-refractivity contribution in [2.75, 3.05) is 0 Å². The predicted molar refractivity (Wildman–Crippen MR) is 55.4 cm³/mol. The summed E-state index contributed by atoms with van der Waals surface area (Å²) in [5, 5.41) is 8.18. The maximum absolute atomic E-state index is 4.09. The Morgan fingerprint density at radius 3 is 2.50 bits per heavy atom. The summed E-state index contributed by atoms with van der Waals surface area (Å²) in [5.74, 6) is 0.533. The van der Waals surface area contributed by atoms with Crippen LogP contribution in [-0.2, 0) is 0 Å². The van der Waals surface area contributed by atoms with Crippen LogP contribution in [0.5, 0.6) is 0 Å². The van der Waals surface area contributed by atoms with Crippen molar-refractivity contribution in [2.24, 2.45) is 0 Å². The van der Waals surface area contributed by atoms with E-state index in [1.54, 1.807) is 17.2 Å². The van der Waals surface area contributed by atoms with Crippen molar-refractivity contribution in [1.29, 1.82) is 0 Å². The lowest BCUT2D eigenvalue weighted by Gasteiger charge is -2.06. The van der Waals surface area contributed by atoms with E-state index in [1.165, 1.54) is 5.56 Å². The second-order valence-corrected chi connectivity index (χ2v) is 3.57. The van der Waals surface area contributed by atoms with Crippen LogP contribution in [0.2, 0.25) is 0 Å². The molecule has 0 radical (unpaired) electrons. The molecule has 0 amide bonds. The predicted octanol–water partition coefficient (Wildman–Crippen LogP) is 2.39. The third-order valence-electron chi connectivity index (χ3n) is 2.19. The monoisotopic (exact) mass is 187 g/mol. The van der Waals surface area contributed by atoms with Crippen molar-refractivity contribution in [3.63, 3.8) is 0 Å². The van der Waals surface area contributed by atoms with Gasteiger partial charge in [-0.1, -0.05) is 26.0 Å². The van der Waals surface area contributed by atoms with Gasteiger partial charge in [0.05, 0.1) is 18.1 Å². The lowest BCUT2D eigenvalue weighted by atomic mass is 10.0. The summed E-state index contributed by atoms with van der Waals surface area (Å²) >= 11 is 0. The first kappa shape index (κ1) is 8.94. The standard InChI is InChI=1S/C11H13N3/c1-9(2)10-4-3-5-11(8-10)14-12-6-7-13-14/h3-9H,1-2H3. The van der Waals surface area contributed by atoms with Crippen molar-refractivity contribution >= 4 is 0 Å². The highest BCUT2D eigenvalue weighted by Gasteiger charge is 2.01. The zero-order chi connectivity index (χ0) is 9.97. The van der Waals surface area contributed by atoms with Crippen LogP contribution in [0.1, 0.15) is 25.3 Å². The second kappa shape index (κ2) is 3.62. The van der Waals surface area contributed by atoms with Gasteiger partial charge in [0.25, 0.3) is 0 Å². The second-order valence-electron chi connectivity index (χ2n) is 3.57. The van der Waals surface area contributed by atoms with Crippen LogP contribution < -0.4 is 0 Å². The Kier molecular flexibility index (Phi) is 2.31. The highest BCUT2D eigenvalue weighted by molar-refractivity contribution is 5.35. The molecule has 72 valence electrons. The molecule has 0 atom stereocenters. The SMILES string of the molecule is CC(C)c1cccc(-n2nccn2)c1. The van der Waals surface area contributed by atoms with Crippen LogP contribution in [-0.4, -0.2) is 15.0 Å². The van der Waals surface area contributed by atoms with Gasteiger partial charge in [-0.25, -0.2) is 0 Å². The lowest BCUT2D eigenvalue weighted by Crippen LogP contribution is -1.99. The maximum atomic E-state index is 4.09. The molecule has 2 rings (SSSR count). The van der Waals surface area contributed by atoms with Crippen LogP contribution in [0.15, 0.2) is 36.7 Å². The molecule has 3 nitrogen and oxygen atoms in total. The Bertz CT molecular complexity index is 404. The van der Waals surface area contributed by atoms with E-state index in [1.807, 2.05) is 12.1 Å². The summed E-state index contributed by atoms with van der Waals surface area (Å²) in [6.45, 7) is 4.35. The van der Waals surface area contributed by atoms with Gasteiger partial charge in [-0.2, -0.15) is 15.0 Å². The molecule has 0 fully saturated rings. The molecule has 0 aliphatic rings. The zero-order valence-corrected chi connectivity index (χ0v) is 8.38. The Balaban J connectivity index is 2.41. The molecule has 3 heteroatoms. The Morgan fingerprint density at radius 1 is 1.14 bits per heavy atom. The first-order chi connectivity index (χ1) is 6.77. The summed E-state index contributed by atoms with van der Waals surface area (Å²) in [6, 6.07) is 8.28. The van der Waals surface area contributed by atoms with Crippen LogP contribution >= 0.6 is 0 Å². The summed E-state index contributed by atoms with van der Waals surface area (Å²) in [6.07, 6.45) is 3.37. The van der Waals surface area contributed by atoms with Gasteiger partial charge in [-0.05, 0) is 23.6 Å². The molecule has 0 N–H and O–H groups in total. The van der Waals surface area contributed by atoms with Gasteiger partial charge in [0.2, 0.25) is 0 Å². The van der Waals surface area contributed by atoms with Gasteiger partial charge in [-0.15, -0.1) is 0 Å². The van der Waals surface area contributed by atoms with E-state index in [0.29, 0.717) is 5.92 Å². The number of nitrogens with zero attached hydrogens (tertiary/aromatic N) is 3. The molecule has 0 aliphatic heterocycles. The van der Waals surface area contributed by atoms with Gasteiger partial charge in [0.1, 0.15) is 0 Å². The first-order valence-electron chi connectivity index (χ1n) is 4.74. The largest absolute Gasteiger partial charge is 0.157 e. The van der Waals surface area contributed by atoms with Gasteiger partial charge in [-0.3, -0.25) is 0 Å². The van der Waals surface area contributed by atoms with E-state index < -0.39 is 0 Å². The molecule has 0 spiro atoms. The fourth-order valence-electron chi connectivity index (χ4n) is 1.36. The Labute approximate surface area is 83.4 Å². The first-order valence-corrected chi connectivity index (χ1v) is 4.74. The number of hydrogen-bond donors (Lipinski definition) is 0. The highest BCUT2D eigenvalue weighted by atomic mass is 15.5. The van der Waals surface area contributed by atoms with Gasteiger partial charge >= 0.3 is 0 Å². The third kappa shape index (κ3) is 1.66. The van der Waals surface area contributed by atoms with E-state index in [-0.39, 0.29) is 0 Å². The molecule has 0 saturated heterocycles.